The summed E-state index contributed by atoms with van der Waals surface area (Å²) in [6, 6.07) is 8.09. The molecule has 1 heterocycles. The first-order valence-corrected chi connectivity index (χ1v) is 7.97. The molecule has 1 aromatic carbocycles. The van der Waals surface area contributed by atoms with Crippen molar-refractivity contribution >= 4 is 0 Å². The molecule has 1 atom stereocenters. The summed E-state index contributed by atoms with van der Waals surface area (Å²) in [4.78, 5) is 6.84. The fourth-order valence-electron chi connectivity index (χ4n) is 2.89. The number of rotatable bonds is 7. The summed E-state index contributed by atoms with van der Waals surface area (Å²) in [5.41, 5.74) is 1.20. The van der Waals surface area contributed by atoms with E-state index in [-0.39, 0.29) is 6.10 Å². The van der Waals surface area contributed by atoms with Crippen LogP contribution in [0.1, 0.15) is 5.56 Å². The van der Waals surface area contributed by atoms with Gasteiger partial charge in [-0.1, -0.05) is 12.1 Å². The summed E-state index contributed by atoms with van der Waals surface area (Å²) < 4.78 is 5.25. The van der Waals surface area contributed by atoms with Crippen LogP contribution in [0.25, 0.3) is 0 Å². The van der Waals surface area contributed by atoms with Crippen LogP contribution in [0, 0.1) is 0 Å². The minimum atomic E-state index is -0.306. The van der Waals surface area contributed by atoms with Gasteiger partial charge in [-0.05, 0) is 31.8 Å². The lowest BCUT2D eigenvalue weighted by Gasteiger charge is -2.34. The summed E-state index contributed by atoms with van der Waals surface area (Å²) in [5, 5.41) is 10.3. The Bertz CT molecular complexity index is 447. The summed E-state index contributed by atoms with van der Waals surface area (Å²) in [6.07, 6.45) is -0.306. The lowest BCUT2D eigenvalue weighted by atomic mass is 10.2. The predicted octanol–water partition coefficient (Wildman–Crippen LogP) is 0.735. The van der Waals surface area contributed by atoms with Gasteiger partial charge in [0, 0.05) is 45.8 Å². The number of nitrogens with zero attached hydrogens (tertiary/aromatic N) is 3. The van der Waals surface area contributed by atoms with E-state index in [1.807, 2.05) is 25.2 Å². The molecular formula is C17H29N3O2. The molecule has 0 aliphatic carbocycles. The summed E-state index contributed by atoms with van der Waals surface area (Å²) in [5.74, 6) is 0.879. The van der Waals surface area contributed by atoms with E-state index in [0.29, 0.717) is 6.54 Å². The maximum absolute atomic E-state index is 10.3. The predicted molar refractivity (Wildman–Crippen MR) is 89.3 cm³/mol. The number of likely N-dealkylation sites (N-methyl/N-ethyl adjacent to an activating group) is 2. The van der Waals surface area contributed by atoms with Gasteiger partial charge in [-0.3, -0.25) is 9.80 Å². The zero-order chi connectivity index (χ0) is 15.9. The van der Waals surface area contributed by atoms with Crippen LogP contribution in [-0.2, 0) is 6.54 Å². The van der Waals surface area contributed by atoms with Crippen LogP contribution >= 0.6 is 0 Å². The van der Waals surface area contributed by atoms with Crippen LogP contribution < -0.4 is 4.74 Å². The molecule has 0 amide bonds. The fourth-order valence-corrected chi connectivity index (χ4v) is 2.89. The van der Waals surface area contributed by atoms with Gasteiger partial charge in [0.25, 0.3) is 0 Å². The van der Waals surface area contributed by atoms with Crippen molar-refractivity contribution in [2.75, 3.05) is 60.5 Å². The Morgan fingerprint density at radius 1 is 1.27 bits per heavy atom. The van der Waals surface area contributed by atoms with Gasteiger partial charge in [0.2, 0.25) is 0 Å². The molecule has 1 fully saturated rings. The number of β-amino-alcohol motifs (C(OH)–C–C–N with tert-alkyl or cyclic N) is 1. The topological polar surface area (TPSA) is 39.2 Å². The summed E-state index contributed by atoms with van der Waals surface area (Å²) in [6.45, 7) is 6.54. The normalized spacial score (nSPS) is 18.6. The van der Waals surface area contributed by atoms with Gasteiger partial charge >= 0.3 is 0 Å². The van der Waals surface area contributed by atoms with Crippen molar-refractivity contribution in [2.45, 2.75) is 12.6 Å². The molecule has 0 spiro atoms. The molecule has 1 aliphatic rings. The third-order valence-electron chi connectivity index (χ3n) is 4.17. The Balaban J connectivity index is 1.74. The molecule has 124 valence electrons. The van der Waals surface area contributed by atoms with Gasteiger partial charge in [-0.15, -0.1) is 0 Å². The molecule has 5 heteroatoms. The van der Waals surface area contributed by atoms with Crippen LogP contribution in [0.5, 0.6) is 5.75 Å². The Hall–Kier alpha value is -1.14. The van der Waals surface area contributed by atoms with E-state index in [4.69, 9.17) is 4.74 Å². The van der Waals surface area contributed by atoms with Crippen molar-refractivity contribution in [1.29, 1.82) is 0 Å². The molecule has 2 rings (SSSR count). The second kappa shape index (κ2) is 8.48. The monoisotopic (exact) mass is 307 g/mol. The van der Waals surface area contributed by atoms with Crippen molar-refractivity contribution in [3.63, 3.8) is 0 Å². The van der Waals surface area contributed by atoms with E-state index in [2.05, 4.69) is 27.8 Å². The summed E-state index contributed by atoms with van der Waals surface area (Å²) in [7, 11) is 5.88. The zero-order valence-electron chi connectivity index (χ0n) is 14.0. The molecule has 1 unspecified atom stereocenters. The molecule has 22 heavy (non-hydrogen) atoms. The lowest BCUT2D eigenvalue weighted by Crippen LogP contribution is -2.48. The number of aliphatic hydroxyl groups is 1. The first kappa shape index (κ1) is 17.2. The Morgan fingerprint density at radius 2 is 2.00 bits per heavy atom. The van der Waals surface area contributed by atoms with E-state index >= 15 is 0 Å². The Labute approximate surface area is 134 Å². The molecule has 0 saturated carbocycles. The largest absolute Gasteiger partial charge is 0.497 e. The number of methoxy groups -OCH3 is 1. The van der Waals surface area contributed by atoms with E-state index in [0.717, 1.165) is 45.0 Å². The highest BCUT2D eigenvalue weighted by atomic mass is 16.5. The van der Waals surface area contributed by atoms with Crippen LogP contribution in [0.15, 0.2) is 24.3 Å². The number of benzene rings is 1. The van der Waals surface area contributed by atoms with Gasteiger partial charge in [0.1, 0.15) is 5.75 Å². The third kappa shape index (κ3) is 5.57. The van der Waals surface area contributed by atoms with Gasteiger partial charge in [-0.25, -0.2) is 0 Å². The molecule has 1 N–H and O–H groups in total. The van der Waals surface area contributed by atoms with Crippen LogP contribution in [0.2, 0.25) is 0 Å². The molecule has 0 aromatic heterocycles. The van der Waals surface area contributed by atoms with E-state index in [1.165, 1.54) is 5.56 Å². The van der Waals surface area contributed by atoms with E-state index < -0.39 is 0 Å². The highest BCUT2D eigenvalue weighted by Crippen LogP contribution is 2.14. The molecule has 1 saturated heterocycles. The van der Waals surface area contributed by atoms with E-state index in [9.17, 15) is 5.11 Å². The van der Waals surface area contributed by atoms with Gasteiger partial charge < -0.3 is 14.7 Å². The van der Waals surface area contributed by atoms with Crippen molar-refractivity contribution < 1.29 is 9.84 Å². The molecule has 0 radical (unpaired) electrons. The fraction of sp³-hybridized carbons (Fsp3) is 0.647. The minimum Gasteiger partial charge on any atom is -0.497 e. The van der Waals surface area contributed by atoms with Crippen molar-refractivity contribution in [1.82, 2.24) is 14.7 Å². The molecular weight excluding hydrogens is 278 g/mol. The van der Waals surface area contributed by atoms with Crippen molar-refractivity contribution in [2.24, 2.45) is 0 Å². The highest BCUT2D eigenvalue weighted by molar-refractivity contribution is 5.28. The maximum atomic E-state index is 10.3. The van der Waals surface area contributed by atoms with Gasteiger partial charge in [-0.2, -0.15) is 0 Å². The Morgan fingerprint density at radius 3 is 2.68 bits per heavy atom. The number of hydrogen-bond donors (Lipinski definition) is 1. The first-order chi connectivity index (χ1) is 10.6. The van der Waals surface area contributed by atoms with Gasteiger partial charge in [0.15, 0.2) is 0 Å². The Kier molecular flexibility index (Phi) is 6.64. The number of aliphatic hydroxyl groups excluding tert-OH is 1. The number of ether oxygens (including phenoxy) is 1. The van der Waals surface area contributed by atoms with E-state index in [1.54, 1.807) is 7.11 Å². The van der Waals surface area contributed by atoms with Crippen LogP contribution in [-0.4, -0.2) is 86.4 Å². The SMILES string of the molecule is COc1cccc(CN(C)CC(O)CN2CCN(C)CC2)c1. The van der Waals surface area contributed by atoms with Crippen molar-refractivity contribution in [3.05, 3.63) is 29.8 Å². The number of hydrogen-bond acceptors (Lipinski definition) is 5. The highest BCUT2D eigenvalue weighted by Gasteiger charge is 2.18. The minimum absolute atomic E-state index is 0.306. The van der Waals surface area contributed by atoms with Crippen LogP contribution in [0.3, 0.4) is 0 Å². The molecule has 1 aliphatic heterocycles. The second-order valence-electron chi connectivity index (χ2n) is 6.31. The lowest BCUT2D eigenvalue weighted by molar-refractivity contribution is 0.0594. The van der Waals surface area contributed by atoms with Gasteiger partial charge in [0.05, 0.1) is 13.2 Å². The molecule has 0 bridgehead atoms. The zero-order valence-corrected chi connectivity index (χ0v) is 14.0. The average Bonchev–Trinajstić information content (AvgIpc) is 2.49. The molecule has 5 nitrogen and oxygen atoms in total. The van der Waals surface area contributed by atoms with Crippen molar-refractivity contribution in [3.8, 4) is 5.75 Å². The molecule has 1 aromatic rings. The summed E-state index contributed by atoms with van der Waals surface area (Å²) >= 11 is 0. The third-order valence-corrected chi connectivity index (χ3v) is 4.17. The second-order valence-corrected chi connectivity index (χ2v) is 6.31. The average molecular weight is 307 g/mol. The quantitative estimate of drug-likeness (QED) is 0.804. The smallest absolute Gasteiger partial charge is 0.119 e. The number of piperazine rings is 1. The van der Waals surface area contributed by atoms with Crippen LogP contribution in [0.4, 0.5) is 0 Å². The standard InChI is InChI=1S/C17H29N3O2/c1-18-7-9-20(10-8-18)14-16(21)13-19(2)12-15-5-4-6-17(11-15)22-3/h4-6,11,16,21H,7-10,12-14H2,1-3H3. The first-order valence-electron chi connectivity index (χ1n) is 7.97. The maximum Gasteiger partial charge on any atom is 0.119 e.